The topological polar surface area (TPSA) is 41.3 Å². The number of halogens is 1. The van der Waals surface area contributed by atoms with Gasteiger partial charge in [0.25, 0.3) is 0 Å². The van der Waals surface area contributed by atoms with Gasteiger partial charge in [-0.15, -0.1) is 0 Å². The van der Waals surface area contributed by atoms with Crippen molar-refractivity contribution >= 4 is 11.6 Å². The Morgan fingerprint density at radius 1 is 1.67 bits per heavy atom. The van der Waals surface area contributed by atoms with E-state index in [2.05, 4.69) is 17.0 Å². The highest BCUT2D eigenvalue weighted by molar-refractivity contribution is 6.30. The lowest BCUT2D eigenvalue weighted by atomic mass is 9.99. The quantitative estimate of drug-likeness (QED) is 0.838. The molecule has 0 spiro atoms. The van der Waals surface area contributed by atoms with Crippen LogP contribution in [0.5, 0.6) is 5.75 Å². The van der Waals surface area contributed by atoms with Gasteiger partial charge in [0.15, 0.2) is 10.9 Å². The molecule has 1 aromatic heterocycles. The van der Waals surface area contributed by atoms with Crippen LogP contribution in [0.4, 0.5) is 0 Å². The van der Waals surface area contributed by atoms with E-state index in [0.717, 1.165) is 13.1 Å². The highest BCUT2D eigenvalue weighted by atomic mass is 35.5. The Kier molecular flexibility index (Phi) is 3.17. The van der Waals surface area contributed by atoms with Gasteiger partial charge >= 0.3 is 0 Å². The molecule has 1 aliphatic rings. The summed E-state index contributed by atoms with van der Waals surface area (Å²) in [5.41, 5.74) is 0. The van der Waals surface area contributed by atoms with E-state index in [1.807, 2.05) is 0 Å². The average molecular weight is 230 g/mol. The van der Waals surface area contributed by atoms with Crippen LogP contribution in [0.25, 0.3) is 0 Å². The van der Waals surface area contributed by atoms with Gasteiger partial charge in [0.1, 0.15) is 0 Å². The lowest BCUT2D eigenvalue weighted by Gasteiger charge is -2.29. The van der Waals surface area contributed by atoms with Gasteiger partial charge < -0.3 is 10.0 Å². The summed E-state index contributed by atoms with van der Waals surface area (Å²) < 4.78 is 1.68. The van der Waals surface area contributed by atoms with Gasteiger partial charge in [0.05, 0.1) is 6.20 Å². The Hall–Kier alpha value is -0.740. The van der Waals surface area contributed by atoms with Crippen molar-refractivity contribution in [3.63, 3.8) is 0 Å². The van der Waals surface area contributed by atoms with Crippen LogP contribution in [-0.4, -0.2) is 39.9 Å². The van der Waals surface area contributed by atoms with Crippen molar-refractivity contribution in [1.82, 2.24) is 14.7 Å². The first-order chi connectivity index (χ1) is 7.16. The van der Waals surface area contributed by atoms with Crippen molar-refractivity contribution < 1.29 is 5.11 Å². The Labute approximate surface area is 94.4 Å². The third-order valence-electron chi connectivity index (χ3n) is 2.91. The Morgan fingerprint density at radius 2 is 2.47 bits per heavy atom. The highest BCUT2D eigenvalue weighted by Crippen LogP contribution is 2.24. The van der Waals surface area contributed by atoms with E-state index in [1.54, 1.807) is 4.68 Å². The minimum Gasteiger partial charge on any atom is -0.504 e. The zero-order chi connectivity index (χ0) is 10.8. The number of likely N-dealkylation sites (tertiary alicyclic amines) is 1. The van der Waals surface area contributed by atoms with Gasteiger partial charge in [-0.25, -0.2) is 0 Å². The van der Waals surface area contributed by atoms with E-state index in [4.69, 9.17) is 11.6 Å². The van der Waals surface area contributed by atoms with Crippen molar-refractivity contribution in [3.05, 3.63) is 11.3 Å². The molecule has 1 atom stereocenters. The third-order valence-corrected chi connectivity index (χ3v) is 3.30. The molecule has 0 aliphatic carbocycles. The SMILES string of the molecule is CN1CCCC(Cn2ncc(O)c2Cl)C1. The lowest BCUT2D eigenvalue weighted by molar-refractivity contribution is 0.190. The molecule has 0 saturated carbocycles. The molecule has 0 amide bonds. The zero-order valence-electron chi connectivity index (χ0n) is 8.86. The normalized spacial score (nSPS) is 23.2. The third kappa shape index (κ3) is 2.44. The van der Waals surface area contributed by atoms with Gasteiger partial charge in [-0.3, -0.25) is 4.68 Å². The molecule has 4 nitrogen and oxygen atoms in total. The van der Waals surface area contributed by atoms with E-state index >= 15 is 0 Å². The molecule has 0 bridgehead atoms. The minimum atomic E-state index is 0.0702. The monoisotopic (exact) mass is 229 g/mol. The number of aromatic nitrogens is 2. The molecule has 15 heavy (non-hydrogen) atoms. The summed E-state index contributed by atoms with van der Waals surface area (Å²) >= 11 is 5.90. The number of rotatable bonds is 2. The van der Waals surface area contributed by atoms with Gasteiger partial charge in [0.2, 0.25) is 0 Å². The molecule has 2 rings (SSSR count). The minimum absolute atomic E-state index is 0.0702. The number of hydrogen-bond acceptors (Lipinski definition) is 3. The van der Waals surface area contributed by atoms with Crippen LogP contribution in [0.3, 0.4) is 0 Å². The molecule has 1 aliphatic heterocycles. The summed E-state index contributed by atoms with van der Waals surface area (Å²) in [6, 6.07) is 0. The first-order valence-corrected chi connectivity index (χ1v) is 5.63. The fourth-order valence-electron chi connectivity index (χ4n) is 2.15. The van der Waals surface area contributed by atoms with Crippen LogP contribution in [0, 0.1) is 5.92 Å². The van der Waals surface area contributed by atoms with E-state index in [9.17, 15) is 5.11 Å². The summed E-state index contributed by atoms with van der Waals surface area (Å²) in [6.07, 6.45) is 3.84. The molecule has 1 saturated heterocycles. The maximum Gasteiger partial charge on any atom is 0.172 e. The second-order valence-electron chi connectivity index (χ2n) is 4.27. The van der Waals surface area contributed by atoms with Gasteiger partial charge in [-0.1, -0.05) is 11.6 Å². The Morgan fingerprint density at radius 3 is 3.07 bits per heavy atom. The number of nitrogens with zero attached hydrogens (tertiary/aromatic N) is 3. The zero-order valence-corrected chi connectivity index (χ0v) is 9.61. The van der Waals surface area contributed by atoms with Crippen LogP contribution in [0.15, 0.2) is 6.20 Å². The maximum absolute atomic E-state index is 9.30. The number of piperidine rings is 1. The fourth-order valence-corrected chi connectivity index (χ4v) is 2.32. The second kappa shape index (κ2) is 4.41. The molecule has 1 unspecified atom stereocenters. The second-order valence-corrected chi connectivity index (χ2v) is 4.63. The summed E-state index contributed by atoms with van der Waals surface area (Å²) in [7, 11) is 2.13. The summed E-state index contributed by atoms with van der Waals surface area (Å²) in [5.74, 6) is 0.654. The summed E-state index contributed by atoms with van der Waals surface area (Å²) in [5, 5.41) is 13.7. The molecule has 1 fully saturated rings. The largest absolute Gasteiger partial charge is 0.504 e. The number of aromatic hydroxyl groups is 1. The van der Waals surface area contributed by atoms with Gasteiger partial charge in [0, 0.05) is 13.1 Å². The smallest absolute Gasteiger partial charge is 0.172 e. The van der Waals surface area contributed by atoms with Crippen molar-refractivity contribution in [1.29, 1.82) is 0 Å². The molecular formula is C10H16ClN3O. The molecule has 84 valence electrons. The predicted molar refractivity (Wildman–Crippen MR) is 59.1 cm³/mol. The van der Waals surface area contributed by atoms with Crippen LogP contribution >= 0.6 is 11.6 Å². The van der Waals surface area contributed by atoms with Crippen molar-refractivity contribution in [2.75, 3.05) is 20.1 Å². The van der Waals surface area contributed by atoms with E-state index in [0.29, 0.717) is 11.1 Å². The molecule has 0 aromatic carbocycles. The molecule has 1 aromatic rings. The average Bonchev–Trinajstić information content (AvgIpc) is 2.50. The fraction of sp³-hybridized carbons (Fsp3) is 0.700. The van der Waals surface area contributed by atoms with Crippen molar-refractivity contribution in [2.45, 2.75) is 19.4 Å². The predicted octanol–water partition coefficient (Wildman–Crippen LogP) is 1.58. The lowest BCUT2D eigenvalue weighted by Crippen LogP contribution is -2.34. The summed E-state index contributed by atoms with van der Waals surface area (Å²) in [4.78, 5) is 2.32. The molecule has 0 radical (unpaired) electrons. The Balaban J connectivity index is 1.99. The van der Waals surface area contributed by atoms with Crippen LogP contribution in [0.2, 0.25) is 5.15 Å². The first kappa shape index (κ1) is 10.8. The van der Waals surface area contributed by atoms with Gasteiger partial charge in [-0.05, 0) is 32.4 Å². The van der Waals surface area contributed by atoms with Gasteiger partial charge in [-0.2, -0.15) is 5.10 Å². The molecular weight excluding hydrogens is 214 g/mol. The van der Waals surface area contributed by atoms with Crippen LogP contribution < -0.4 is 0 Å². The van der Waals surface area contributed by atoms with E-state index < -0.39 is 0 Å². The van der Waals surface area contributed by atoms with E-state index in [-0.39, 0.29) is 5.75 Å². The van der Waals surface area contributed by atoms with Crippen LogP contribution in [-0.2, 0) is 6.54 Å². The molecule has 5 heteroatoms. The van der Waals surface area contributed by atoms with Crippen LogP contribution in [0.1, 0.15) is 12.8 Å². The van der Waals surface area contributed by atoms with Crippen molar-refractivity contribution in [3.8, 4) is 5.75 Å². The summed E-state index contributed by atoms with van der Waals surface area (Å²) in [6.45, 7) is 3.05. The Bertz CT molecular complexity index is 339. The van der Waals surface area contributed by atoms with Crippen molar-refractivity contribution in [2.24, 2.45) is 5.92 Å². The number of hydrogen-bond donors (Lipinski definition) is 1. The standard InChI is InChI=1S/C10H16ClN3O/c1-13-4-2-3-8(6-13)7-14-10(11)9(15)5-12-14/h5,8,15H,2-4,6-7H2,1H3. The molecule has 1 N–H and O–H groups in total. The van der Waals surface area contributed by atoms with E-state index in [1.165, 1.54) is 25.6 Å². The molecule has 2 heterocycles. The highest BCUT2D eigenvalue weighted by Gasteiger charge is 2.19. The first-order valence-electron chi connectivity index (χ1n) is 5.25. The maximum atomic E-state index is 9.30.